The number of cyclic esters (lactones) is 1. The van der Waals surface area contributed by atoms with Gasteiger partial charge in [0, 0.05) is 11.6 Å². The molecule has 0 bridgehead atoms. The highest BCUT2D eigenvalue weighted by Crippen LogP contribution is 2.26. The molecule has 2 rings (SSSR count). The first kappa shape index (κ1) is 11.2. The summed E-state index contributed by atoms with van der Waals surface area (Å²) in [7, 11) is 0. The van der Waals surface area contributed by atoms with Gasteiger partial charge in [-0.25, -0.2) is 4.79 Å². The number of nitro groups is 1. The van der Waals surface area contributed by atoms with E-state index in [4.69, 9.17) is 10.5 Å². The van der Waals surface area contributed by atoms with Crippen molar-refractivity contribution in [1.29, 1.82) is 0 Å². The van der Waals surface area contributed by atoms with Gasteiger partial charge < -0.3 is 15.4 Å². The first-order chi connectivity index (χ1) is 8.09. The van der Waals surface area contributed by atoms with Gasteiger partial charge in [0.25, 0.3) is 5.69 Å². The van der Waals surface area contributed by atoms with Crippen LogP contribution in [0.25, 0.3) is 0 Å². The van der Waals surface area contributed by atoms with Crippen LogP contribution in [0, 0.1) is 10.1 Å². The third kappa shape index (κ3) is 2.12. The normalized spacial score (nSPS) is 14.8. The van der Waals surface area contributed by atoms with E-state index in [2.05, 4.69) is 0 Å². The number of carbonyl (C=O) groups is 1. The van der Waals surface area contributed by atoms with Crippen LogP contribution in [0.3, 0.4) is 0 Å². The van der Waals surface area contributed by atoms with Crippen molar-refractivity contribution < 1.29 is 14.5 Å². The number of nitrogen functional groups attached to an aromatic ring is 1. The smallest absolute Gasteiger partial charge is 0.410 e. The molecule has 7 nitrogen and oxygen atoms in total. The van der Waals surface area contributed by atoms with E-state index in [0.717, 1.165) is 0 Å². The summed E-state index contributed by atoms with van der Waals surface area (Å²) in [5.74, 6) is 0. The van der Waals surface area contributed by atoms with Crippen LogP contribution in [0.5, 0.6) is 0 Å². The molecule has 0 saturated carbocycles. The number of anilines is 1. The molecule has 7 heteroatoms. The van der Waals surface area contributed by atoms with Gasteiger partial charge in [-0.3, -0.25) is 10.1 Å². The van der Waals surface area contributed by atoms with Crippen molar-refractivity contribution >= 4 is 17.5 Å². The van der Waals surface area contributed by atoms with Gasteiger partial charge in [0.1, 0.15) is 12.3 Å². The Morgan fingerprint density at radius 1 is 1.53 bits per heavy atom. The van der Waals surface area contributed by atoms with Gasteiger partial charge in [0.2, 0.25) is 0 Å². The molecule has 0 aliphatic carbocycles. The van der Waals surface area contributed by atoms with Crippen molar-refractivity contribution in [2.45, 2.75) is 6.54 Å². The number of carbonyl (C=O) groups excluding carboxylic acids is 1. The van der Waals surface area contributed by atoms with Crippen LogP contribution in [0.4, 0.5) is 16.2 Å². The van der Waals surface area contributed by atoms with Gasteiger partial charge in [-0.15, -0.1) is 0 Å². The second-order valence-electron chi connectivity index (χ2n) is 3.64. The molecule has 0 atom stereocenters. The number of nitrogens with two attached hydrogens (primary N) is 1. The molecule has 0 unspecified atom stereocenters. The summed E-state index contributed by atoms with van der Waals surface area (Å²) in [6.07, 6.45) is -0.420. The Balaban J connectivity index is 2.24. The van der Waals surface area contributed by atoms with Crippen LogP contribution >= 0.6 is 0 Å². The third-order valence-electron chi connectivity index (χ3n) is 2.58. The first-order valence-electron chi connectivity index (χ1n) is 5.03. The maximum Gasteiger partial charge on any atom is 0.410 e. The number of nitrogens with zero attached hydrogens (tertiary/aromatic N) is 2. The van der Waals surface area contributed by atoms with Crippen molar-refractivity contribution in [2.24, 2.45) is 0 Å². The fourth-order valence-corrected chi connectivity index (χ4v) is 1.67. The van der Waals surface area contributed by atoms with Crippen molar-refractivity contribution in [3.63, 3.8) is 0 Å². The molecule has 1 saturated heterocycles. The summed E-state index contributed by atoms with van der Waals surface area (Å²) in [5, 5.41) is 10.7. The van der Waals surface area contributed by atoms with Crippen molar-refractivity contribution in [3.8, 4) is 0 Å². The Kier molecular flexibility index (Phi) is 2.82. The van der Waals surface area contributed by atoms with Crippen LogP contribution in [-0.2, 0) is 11.3 Å². The topological polar surface area (TPSA) is 98.7 Å². The highest BCUT2D eigenvalue weighted by molar-refractivity contribution is 5.70. The molecule has 1 amide bonds. The summed E-state index contributed by atoms with van der Waals surface area (Å²) < 4.78 is 4.77. The number of benzene rings is 1. The Hall–Kier alpha value is -2.31. The minimum Gasteiger partial charge on any atom is -0.448 e. The standard InChI is InChI=1S/C10H11N3O4/c11-9-7(2-1-3-8(9)13(15)16)6-12-4-5-17-10(12)14/h1-3H,4-6,11H2. The molecule has 90 valence electrons. The van der Waals surface area contributed by atoms with E-state index in [1.54, 1.807) is 12.1 Å². The van der Waals surface area contributed by atoms with E-state index in [-0.39, 0.29) is 17.9 Å². The molecule has 1 aliphatic rings. The number of rotatable bonds is 3. The van der Waals surface area contributed by atoms with E-state index in [1.807, 2.05) is 0 Å². The van der Waals surface area contributed by atoms with Crippen molar-refractivity contribution in [3.05, 3.63) is 33.9 Å². The molecule has 1 aliphatic heterocycles. The minimum atomic E-state index is -0.541. The lowest BCUT2D eigenvalue weighted by molar-refractivity contribution is -0.384. The molecule has 0 aromatic heterocycles. The van der Waals surface area contributed by atoms with Gasteiger partial charge in [0.05, 0.1) is 18.0 Å². The maximum absolute atomic E-state index is 11.2. The zero-order valence-electron chi connectivity index (χ0n) is 8.96. The van der Waals surface area contributed by atoms with Crippen LogP contribution < -0.4 is 5.73 Å². The molecule has 0 spiro atoms. The van der Waals surface area contributed by atoms with Crippen LogP contribution in [-0.4, -0.2) is 29.1 Å². The molecular weight excluding hydrogens is 226 g/mol. The average Bonchev–Trinajstić information content (AvgIpc) is 2.67. The van der Waals surface area contributed by atoms with Gasteiger partial charge in [-0.2, -0.15) is 0 Å². The third-order valence-corrected chi connectivity index (χ3v) is 2.58. The number of hydrogen-bond donors (Lipinski definition) is 1. The molecule has 1 aromatic carbocycles. The molecule has 1 fully saturated rings. The highest BCUT2D eigenvalue weighted by Gasteiger charge is 2.24. The van der Waals surface area contributed by atoms with E-state index < -0.39 is 11.0 Å². The lowest BCUT2D eigenvalue weighted by Crippen LogP contribution is -2.24. The SMILES string of the molecule is Nc1c(CN2CCOC2=O)cccc1[N+](=O)[O-]. The zero-order chi connectivity index (χ0) is 12.4. The number of hydrogen-bond acceptors (Lipinski definition) is 5. The Labute approximate surface area is 96.9 Å². The quantitative estimate of drug-likeness (QED) is 0.482. The summed E-state index contributed by atoms with van der Waals surface area (Å²) in [6.45, 7) is 1.04. The van der Waals surface area contributed by atoms with Gasteiger partial charge in [-0.05, 0) is 0 Å². The molecule has 0 radical (unpaired) electrons. The van der Waals surface area contributed by atoms with Gasteiger partial charge in [-0.1, -0.05) is 12.1 Å². The molecule has 17 heavy (non-hydrogen) atoms. The summed E-state index contributed by atoms with van der Waals surface area (Å²) >= 11 is 0. The van der Waals surface area contributed by atoms with Gasteiger partial charge in [0.15, 0.2) is 0 Å². The van der Waals surface area contributed by atoms with Crippen LogP contribution in [0.1, 0.15) is 5.56 Å². The highest BCUT2D eigenvalue weighted by atomic mass is 16.6. The van der Waals surface area contributed by atoms with E-state index in [0.29, 0.717) is 18.7 Å². The van der Waals surface area contributed by atoms with E-state index in [9.17, 15) is 14.9 Å². The number of amides is 1. The lowest BCUT2D eigenvalue weighted by Gasteiger charge is -2.13. The fraction of sp³-hybridized carbons (Fsp3) is 0.300. The summed E-state index contributed by atoms with van der Waals surface area (Å²) in [6, 6.07) is 4.54. The van der Waals surface area contributed by atoms with Crippen LogP contribution in [0.15, 0.2) is 18.2 Å². The van der Waals surface area contributed by atoms with Crippen LogP contribution in [0.2, 0.25) is 0 Å². The first-order valence-corrected chi connectivity index (χ1v) is 5.03. The Bertz CT molecular complexity index is 475. The molecular formula is C10H11N3O4. The predicted molar refractivity (Wildman–Crippen MR) is 59.3 cm³/mol. The lowest BCUT2D eigenvalue weighted by atomic mass is 10.1. The Morgan fingerprint density at radius 2 is 2.29 bits per heavy atom. The zero-order valence-corrected chi connectivity index (χ0v) is 8.96. The largest absolute Gasteiger partial charge is 0.448 e. The van der Waals surface area contributed by atoms with E-state index >= 15 is 0 Å². The number of para-hydroxylation sites is 1. The predicted octanol–water partition coefficient (Wildman–Crippen LogP) is 1.13. The second kappa shape index (κ2) is 4.28. The fourth-order valence-electron chi connectivity index (χ4n) is 1.67. The molecule has 1 aromatic rings. The summed E-state index contributed by atoms with van der Waals surface area (Å²) in [4.78, 5) is 22.8. The monoisotopic (exact) mass is 237 g/mol. The second-order valence-corrected chi connectivity index (χ2v) is 3.64. The average molecular weight is 237 g/mol. The minimum absolute atomic E-state index is 0.0946. The molecule has 1 heterocycles. The van der Waals surface area contributed by atoms with Crippen molar-refractivity contribution in [1.82, 2.24) is 4.90 Å². The number of nitro benzene ring substituents is 1. The molecule has 2 N–H and O–H groups in total. The maximum atomic E-state index is 11.2. The number of ether oxygens (including phenoxy) is 1. The van der Waals surface area contributed by atoms with E-state index in [1.165, 1.54) is 11.0 Å². The van der Waals surface area contributed by atoms with Crippen molar-refractivity contribution in [2.75, 3.05) is 18.9 Å². The van der Waals surface area contributed by atoms with Gasteiger partial charge >= 0.3 is 6.09 Å². The Morgan fingerprint density at radius 3 is 2.88 bits per heavy atom. The summed E-state index contributed by atoms with van der Waals surface area (Å²) in [5.41, 5.74) is 6.19.